The molecule has 0 spiro atoms. The summed E-state index contributed by atoms with van der Waals surface area (Å²) in [6, 6.07) is 1.65. The Morgan fingerprint density at radius 2 is 1.58 bits per heavy atom. The quantitative estimate of drug-likeness (QED) is 0.381. The Labute approximate surface area is 194 Å². The predicted molar refractivity (Wildman–Crippen MR) is 114 cm³/mol. The highest BCUT2D eigenvalue weighted by Gasteiger charge is 2.59. The van der Waals surface area contributed by atoms with Crippen LogP contribution in [0.1, 0.15) is 24.3 Å². The number of carbonyl (C=O) groups is 4. The molecule has 2 saturated heterocycles. The van der Waals surface area contributed by atoms with E-state index in [9.17, 15) is 24.3 Å². The minimum absolute atomic E-state index is 0.0903. The van der Waals surface area contributed by atoms with Gasteiger partial charge < -0.3 is 9.84 Å². The SMILES string of the molecule is COc1cc([C@H]2C3=CC[C@@H]4C(=O)NC(=O)[C@@H]4[C@@H]3C[C@H]3C(=O)NC(=O)[C@@H]23)c(Br)c(Br)c1O. The molecule has 3 N–H and O–H groups in total. The van der Waals surface area contributed by atoms with Crippen LogP contribution in [-0.2, 0) is 19.2 Å². The molecule has 31 heavy (non-hydrogen) atoms. The van der Waals surface area contributed by atoms with Crippen molar-refractivity contribution in [1.82, 2.24) is 10.6 Å². The van der Waals surface area contributed by atoms with Crippen LogP contribution in [0.4, 0.5) is 0 Å². The molecule has 0 bridgehead atoms. The molecule has 0 unspecified atom stereocenters. The van der Waals surface area contributed by atoms with E-state index in [1.807, 2.05) is 6.08 Å². The highest BCUT2D eigenvalue weighted by atomic mass is 79.9. The van der Waals surface area contributed by atoms with Gasteiger partial charge >= 0.3 is 0 Å². The first kappa shape index (κ1) is 20.7. The normalized spacial score (nSPS) is 33.8. The van der Waals surface area contributed by atoms with Gasteiger partial charge in [0.25, 0.3) is 0 Å². The van der Waals surface area contributed by atoms with E-state index in [-0.39, 0.29) is 41.0 Å². The Balaban J connectivity index is 1.71. The summed E-state index contributed by atoms with van der Waals surface area (Å²) in [5.41, 5.74) is 1.54. The Morgan fingerprint density at radius 3 is 2.26 bits per heavy atom. The molecule has 1 saturated carbocycles. The first-order chi connectivity index (χ1) is 14.7. The first-order valence-electron chi connectivity index (χ1n) is 9.88. The van der Waals surface area contributed by atoms with E-state index < -0.39 is 29.6 Å². The van der Waals surface area contributed by atoms with Crippen molar-refractivity contribution in [1.29, 1.82) is 0 Å². The average Bonchev–Trinajstić information content (AvgIpc) is 3.20. The standard InChI is InChI=1S/C21H18Br2N2O6/c1-31-11-5-9(15(22)16(23)17(11)26)12-6-2-3-7-13(20(29)24-18(7)27)8(6)4-10-14(12)21(30)25-19(10)28/h2,5,7-8,10,12-14,26H,3-4H2,1H3,(H,24,27,29)(H,25,28,30)/t7-,8+,10+,12+,13-,14+/m0/s1. The molecule has 3 fully saturated rings. The van der Waals surface area contributed by atoms with Gasteiger partial charge in [-0.1, -0.05) is 11.6 Å². The summed E-state index contributed by atoms with van der Waals surface area (Å²) in [7, 11) is 1.43. The van der Waals surface area contributed by atoms with Gasteiger partial charge in [0.05, 0.1) is 35.3 Å². The number of carbonyl (C=O) groups excluding carboxylic acids is 4. The van der Waals surface area contributed by atoms with E-state index in [2.05, 4.69) is 42.5 Å². The molecule has 4 aliphatic rings. The second-order valence-electron chi connectivity index (χ2n) is 8.38. The van der Waals surface area contributed by atoms with Crippen LogP contribution in [0.15, 0.2) is 26.7 Å². The van der Waals surface area contributed by atoms with Crippen LogP contribution in [0.25, 0.3) is 0 Å². The van der Waals surface area contributed by atoms with E-state index in [4.69, 9.17) is 4.74 Å². The van der Waals surface area contributed by atoms with E-state index in [1.165, 1.54) is 7.11 Å². The van der Waals surface area contributed by atoms with Gasteiger partial charge in [-0.3, -0.25) is 29.8 Å². The van der Waals surface area contributed by atoms with Gasteiger partial charge in [-0.15, -0.1) is 0 Å². The number of rotatable bonds is 2. The topological polar surface area (TPSA) is 122 Å². The number of benzene rings is 1. The smallest absolute Gasteiger partial charge is 0.231 e. The van der Waals surface area contributed by atoms with Crippen molar-refractivity contribution < 1.29 is 29.0 Å². The van der Waals surface area contributed by atoms with Crippen LogP contribution in [0.5, 0.6) is 11.5 Å². The van der Waals surface area contributed by atoms with Crippen molar-refractivity contribution in [3.05, 3.63) is 32.2 Å². The van der Waals surface area contributed by atoms with Crippen molar-refractivity contribution in [2.24, 2.45) is 29.6 Å². The Bertz CT molecular complexity index is 1100. The molecule has 0 radical (unpaired) electrons. The minimum Gasteiger partial charge on any atom is -0.503 e. The third kappa shape index (κ3) is 2.83. The molecule has 2 aliphatic heterocycles. The summed E-state index contributed by atoms with van der Waals surface area (Å²) in [5, 5.41) is 15.2. The number of amides is 4. The maximum Gasteiger partial charge on any atom is 0.231 e. The summed E-state index contributed by atoms with van der Waals surface area (Å²) in [5.74, 6) is -4.31. The number of aromatic hydroxyl groups is 1. The van der Waals surface area contributed by atoms with Gasteiger partial charge in [0.15, 0.2) is 11.5 Å². The van der Waals surface area contributed by atoms with E-state index in [1.54, 1.807) is 6.07 Å². The van der Waals surface area contributed by atoms with Crippen molar-refractivity contribution in [3.8, 4) is 11.5 Å². The molecule has 5 rings (SSSR count). The van der Waals surface area contributed by atoms with Crippen molar-refractivity contribution in [3.63, 3.8) is 0 Å². The molecule has 2 heterocycles. The molecule has 0 aromatic heterocycles. The van der Waals surface area contributed by atoms with Crippen LogP contribution in [-0.4, -0.2) is 35.8 Å². The lowest BCUT2D eigenvalue weighted by atomic mass is 9.57. The maximum absolute atomic E-state index is 12.8. The number of phenolic OH excluding ortho intramolecular Hbond substituents is 1. The van der Waals surface area contributed by atoms with Crippen LogP contribution >= 0.6 is 31.9 Å². The first-order valence-corrected chi connectivity index (χ1v) is 11.5. The molecule has 1 aromatic carbocycles. The average molecular weight is 554 g/mol. The number of phenols is 1. The Hall–Kier alpha value is -2.20. The lowest BCUT2D eigenvalue weighted by molar-refractivity contribution is -0.128. The predicted octanol–water partition coefficient (Wildman–Crippen LogP) is 2.14. The fourth-order valence-electron chi connectivity index (χ4n) is 5.75. The molecular formula is C21H18Br2N2O6. The fraction of sp³-hybridized carbons (Fsp3) is 0.429. The molecule has 2 aliphatic carbocycles. The van der Waals surface area contributed by atoms with Gasteiger partial charge in [0, 0.05) is 10.4 Å². The summed E-state index contributed by atoms with van der Waals surface area (Å²) in [4.78, 5) is 50.4. The summed E-state index contributed by atoms with van der Waals surface area (Å²) in [6.45, 7) is 0. The number of nitrogens with one attached hydrogen (secondary N) is 2. The van der Waals surface area contributed by atoms with Gasteiger partial charge in [-0.2, -0.15) is 0 Å². The molecule has 8 nitrogen and oxygen atoms in total. The zero-order chi connectivity index (χ0) is 22.2. The maximum atomic E-state index is 12.8. The molecule has 6 atom stereocenters. The largest absolute Gasteiger partial charge is 0.503 e. The second-order valence-corrected chi connectivity index (χ2v) is 9.96. The Morgan fingerprint density at radius 1 is 0.935 bits per heavy atom. The van der Waals surface area contributed by atoms with Gasteiger partial charge in [-0.25, -0.2) is 0 Å². The molecule has 162 valence electrons. The highest BCUT2D eigenvalue weighted by Crippen LogP contribution is 2.58. The monoisotopic (exact) mass is 552 g/mol. The zero-order valence-electron chi connectivity index (χ0n) is 16.3. The Kier molecular flexibility index (Phi) is 4.78. The molecule has 10 heteroatoms. The number of methoxy groups -OCH3 is 1. The lowest BCUT2D eigenvalue weighted by Crippen LogP contribution is -2.43. The number of hydrogen-bond donors (Lipinski definition) is 3. The summed E-state index contributed by atoms with van der Waals surface area (Å²) >= 11 is 6.88. The third-order valence-electron chi connectivity index (χ3n) is 7.06. The molecule has 1 aromatic rings. The fourth-order valence-corrected chi connectivity index (χ4v) is 6.72. The van der Waals surface area contributed by atoms with E-state index >= 15 is 0 Å². The van der Waals surface area contributed by atoms with Crippen LogP contribution < -0.4 is 15.4 Å². The zero-order valence-corrected chi connectivity index (χ0v) is 19.4. The van der Waals surface area contributed by atoms with Crippen LogP contribution in [0.3, 0.4) is 0 Å². The molecule has 4 amide bonds. The summed E-state index contributed by atoms with van der Waals surface area (Å²) in [6.07, 6.45) is 2.67. The van der Waals surface area contributed by atoms with Crippen LogP contribution in [0.2, 0.25) is 0 Å². The van der Waals surface area contributed by atoms with Crippen molar-refractivity contribution in [2.45, 2.75) is 18.8 Å². The van der Waals surface area contributed by atoms with E-state index in [0.717, 1.165) is 5.57 Å². The van der Waals surface area contributed by atoms with Gasteiger partial charge in [0.1, 0.15) is 0 Å². The molecular weight excluding hydrogens is 536 g/mol. The van der Waals surface area contributed by atoms with Gasteiger partial charge in [-0.05, 0) is 62.2 Å². The van der Waals surface area contributed by atoms with Crippen molar-refractivity contribution >= 4 is 55.5 Å². The van der Waals surface area contributed by atoms with Gasteiger partial charge in [0.2, 0.25) is 23.6 Å². The van der Waals surface area contributed by atoms with Crippen LogP contribution in [0, 0.1) is 29.6 Å². The number of halogens is 2. The number of hydrogen-bond acceptors (Lipinski definition) is 6. The number of allylic oxidation sites excluding steroid dienone is 2. The number of imide groups is 2. The van der Waals surface area contributed by atoms with Crippen molar-refractivity contribution in [2.75, 3.05) is 7.11 Å². The number of ether oxygens (including phenoxy) is 1. The lowest BCUT2D eigenvalue weighted by Gasteiger charge is -2.44. The highest BCUT2D eigenvalue weighted by molar-refractivity contribution is 9.13. The van der Waals surface area contributed by atoms with E-state index in [0.29, 0.717) is 27.4 Å². The third-order valence-corrected chi connectivity index (χ3v) is 9.22. The second kappa shape index (κ2) is 7.16. The number of fused-ring (bicyclic) bond motifs is 4. The minimum atomic E-state index is -0.649. The summed E-state index contributed by atoms with van der Waals surface area (Å²) < 4.78 is 6.22.